The Balaban J connectivity index is 3.54. The molecule has 0 aromatic carbocycles. The van der Waals surface area contributed by atoms with Crippen LogP contribution in [0.15, 0.2) is 0 Å². The van der Waals surface area contributed by atoms with Gasteiger partial charge >= 0.3 is 5.97 Å². The van der Waals surface area contributed by atoms with Crippen LogP contribution in [0.3, 0.4) is 0 Å². The van der Waals surface area contributed by atoms with Gasteiger partial charge in [0.15, 0.2) is 0 Å². The molecule has 0 aliphatic rings. The molecule has 0 bridgehead atoms. The molecule has 60 valence electrons. The van der Waals surface area contributed by atoms with Gasteiger partial charge in [-0.3, -0.25) is 9.93 Å². The van der Waals surface area contributed by atoms with Gasteiger partial charge in [0, 0.05) is 0 Å². The Bertz CT molecular complexity index is 146. The van der Waals surface area contributed by atoms with Crippen LogP contribution in [0.1, 0.15) is 13.8 Å². The maximum absolute atomic E-state index is 10.6. The smallest absolute Gasteiger partial charge is 0.320 e. The Hall–Kier alpha value is -0.420. The number of nitrogens with two attached hydrogens (primary N) is 1. The molecule has 0 spiro atoms. The van der Waals surface area contributed by atoms with Crippen LogP contribution in [0.2, 0.25) is 0 Å². The lowest BCUT2D eigenvalue weighted by Crippen LogP contribution is -2.21. The van der Waals surface area contributed by atoms with Crippen LogP contribution in [0.5, 0.6) is 0 Å². The summed E-state index contributed by atoms with van der Waals surface area (Å²) in [5.41, 5.74) is 0. The quantitative estimate of drug-likeness (QED) is 0.576. The van der Waals surface area contributed by atoms with E-state index in [1.54, 1.807) is 13.8 Å². The van der Waals surface area contributed by atoms with Crippen molar-refractivity contribution >= 4 is 17.0 Å². The molecule has 0 radical (unpaired) electrons. The molecule has 0 aliphatic heterocycles. The fraction of sp³-hybridized carbons (Fsp3) is 0.800. The maximum atomic E-state index is 10.6. The summed E-state index contributed by atoms with van der Waals surface area (Å²) in [6.07, 6.45) is -0.170. The molecule has 0 rings (SSSR count). The third-order valence-corrected chi connectivity index (χ3v) is 1.15. The van der Waals surface area contributed by atoms with Gasteiger partial charge in [-0.25, -0.2) is 4.21 Å². The number of esters is 1. The monoisotopic (exact) mass is 165 g/mol. The number of carbonyl (C=O) groups excluding carboxylic acids is 1. The average molecular weight is 165 g/mol. The van der Waals surface area contributed by atoms with Gasteiger partial charge in [-0.05, 0) is 13.8 Å². The van der Waals surface area contributed by atoms with E-state index in [1.807, 2.05) is 0 Å². The molecule has 0 saturated carbocycles. The maximum Gasteiger partial charge on any atom is 0.320 e. The molecule has 0 aromatic rings. The Kier molecular flexibility index (Phi) is 4.22. The lowest BCUT2D eigenvalue weighted by Gasteiger charge is -2.05. The topological polar surface area (TPSA) is 69.4 Å². The van der Waals surface area contributed by atoms with Crippen molar-refractivity contribution in [2.24, 2.45) is 5.14 Å². The van der Waals surface area contributed by atoms with Crippen molar-refractivity contribution in [3.05, 3.63) is 0 Å². The fourth-order valence-corrected chi connectivity index (χ4v) is 0.713. The molecular weight excluding hydrogens is 154 g/mol. The lowest BCUT2D eigenvalue weighted by molar-refractivity contribution is -0.144. The van der Waals surface area contributed by atoms with Gasteiger partial charge in [-0.15, -0.1) is 0 Å². The van der Waals surface area contributed by atoms with Crippen molar-refractivity contribution in [2.45, 2.75) is 20.0 Å². The van der Waals surface area contributed by atoms with Crippen molar-refractivity contribution in [2.75, 3.05) is 5.75 Å². The van der Waals surface area contributed by atoms with E-state index in [0.717, 1.165) is 0 Å². The summed E-state index contributed by atoms with van der Waals surface area (Å²) in [5.74, 6) is -0.742. The zero-order valence-corrected chi connectivity index (χ0v) is 6.81. The van der Waals surface area contributed by atoms with E-state index in [9.17, 15) is 9.00 Å². The van der Waals surface area contributed by atoms with Crippen LogP contribution in [0.25, 0.3) is 0 Å². The zero-order valence-electron chi connectivity index (χ0n) is 5.99. The van der Waals surface area contributed by atoms with Crippen LogP contribution in [-0.4, -0.2) is 22.0 Å². The highest BCUT2D eigenvalue weighted by molar-refractivity contribution is 7.83. The second-order valence-corrected chi connectivity index (χ2v) is 3.11. The normalized spacial score (nSPS) is 13.2. The third-order valence-electron chi connectivity index (χ3n) is 0.627. The van der Waals surface area contributed by atoms with E-state index >= 15 is 0 Å². The number of hydrogen-bond donors (Lipinski definition) is 1. The Morgan fingerprint density at radius 3 is 2.50 bits per heavy atom. The van der Waals surface area contributed by atoms with Crippen LogP contribution in [0.4, 0.5) is 0 Å². The van der Waals surface area contributed by atoms with Crippen LogP contribution >= 0.6 is 0 Å². The minimum Gasteiger partial charge on any atom is -0.462 e. The molecule has 2 N–H and O–H groups in total. The van der Waals surface area contributed by atoms with Crippen LogP contribution < -0.4 is 5.14 Å². The van der Waals surface area contributed by atoms with Gasteiger partial charge in [0.1, 0.15) is 16.7 Å². The van der Waals surface area contributed by atoms with Crippen molar-refractivity contribution in [3.8, 4) is 0 Å². The molecule has 0 aromatic heterocycles. The fourth-order valence-electron chi connectivity index (χ4n) is 0.413. The highest BCUT2D eigenvalue weighted by Crippen LogP contribution is 1.88. The molecule has 0 heterocycles. The lowest BCUT2D eigenvalue weighted by atomic mass is 10.5. The van der Waals surface area contributed by atoms with E-state index in [1.165, 1.54) is 0 Å². The van der Waals surface area contributed by atoms with Crippen molar-refractivity contribution in [1.82, 2.24) is 0 Å². The Morgan fingerprint density at radius 1 is 1.70 bits per heavy atom. The van der Waals surface area contributed by atoms with E-state index in [-0.39, 0.29) is 11.9 Å². The van der Waals surface area contributed by atoms with Gasteiger partial charge in [0.2, 0.25) is 0 Å². The molecule has 0 saturated heterocycles. The van der Waals surface area contributed by atoms with E-state index in [4.69, 9.17) is 5.14 Å². The minimum absolute atomic E-state index is 0.170. The first-order valence-electron chi connectivity index (χ1n) is 2.84. The second-order valence-electron chi connectivity index (χ2n) is 2.06. The summed E-state index contributed by atoms with van der Waals surface area (Å²) >= 11 is 0. The van der Waals surface area contributed by atoms with Crippen molar-refractivity contribution in [1.29, 1.82) is 0 Å². The first kappa shape index (κ1) is 9.58. The molecule has 4 nitrogen and oxygen atoms in total. The number of hydrogen-bond acceptors (Lipinski definition) is 3. The summed E-state index contributed by atoms with van der Waals surface area (Å²) in [5, 5.41) is 4.84. The molecule has 0 amide bonds. The molecule has 1 atom stereocenters. The summed E-state index contributed by atoms with van der Waals surface area (Å²) in [4.78, 5) is 10.6. The molecule has 1 unspecified atom stereocenters. The SMILES string of the molecule is CC(C)OC(=O)CS(N)=O. The van der Waals surface area contributed by atoms with E-state index in [2.05, 4.69) is 4.74 Å². The standard InChI is InChI=1S/C5H11NO3S/c1-4(2)9-5(7)3-10(6)8/h4H,3,6H2,1-2H3. The zero-order chi connectivity index (χ0) is 8.15. The summed E-state index contributed by atoms with van der Waals surface area (Å²) in [7, 11) is -1.59. The Morgan fingerprint density at radius 2 is 2.20 bits per heavy atom. The first-order valence-corrected chi connectivity index (χ1v) is 4.23. The van der Waals surface area contributed by atoms with Gasteiger partial charge in [-0.2, -0.15) is 0 Å². The number of carbonyl (C=O) groups is 1. The van der Waals surface area contributed by atoms with Gasteiger partial charge in [0.05, 0.1) is 6.10 Å². The summed E-state index contributed by atoms with van der Waals surface area (Å²) < 4.78 is 14.9. The van der Waals surface area contributed by atoms with Crippen LogP contribution in [0, 0.1) is 0 Å². The van der Waals surface area contributed by atoms with Crippen molar-refractivity contribution in [3.63, 3.8) is 0 Å². The number of ether oxygens (including phenoxy) is 1. The molecule has 10 heavy (non-hydrogen) atoms. The second kappa shape index (κ2) is 4.40. The highest BCUT2D eigenvalue weighted by Gasteiger charge is 2.06. The van der Waals surface area contributed by atoms with Crippen molar-refractivity contribution < 1.29 is 13.7 Å². The minimum atomic E-state index is -1.59. The average Bonchev–Trinajstić information content (AvgIpc) is 1.58. The number of rotatable bonds is 3. The molecule has 0 aliphatic carbocycles. The highest BCUT2D eigenvalue weighted by atomic mass is 32.2. The first-order chi connectivity index (χ1) is 4.52. The molecular formula is C5H11NO3S. The van der Waals surface area contributed by atoms with Gasteiger partial charge in [-0.1, -0.05) is 0 Å². The van der Waals surface area contributed by atoms with Gasteiger partial charge in [0.25, 0.3) is 0 Å². The van der Waals surface area contributed by atoms with Crippen LogP contribution in [-0.2, 0) is 20.5 Å². The predicted molar refractivity (Wildman–Crippen MR) is 38.4 cm³/mol. The van der Waals surface area contributed by atoms with E-state index < -0.39 is 17.0 Å². The predicted octanol–water partition coefficient (Wildman–Crippen LogP) is -0.440. The third kappa shape index (κ3) is 5.71. The summed E-state index contributed by atoms with van der Waals surface area (Å²) in [6, 6.07) is 0. The molecule has 0 fully saturated rings. The van der Waals surface area contributed by atoms with Gasteiger partial charge < -0.3 is 4.74 Å². The summed E-state index contributed by atoms with van der Waals surface area (Å²) in [6.45, 7) is 3.44. The van der Waals surface area contributed by atoms with E-state index in [0.29, 0.717) is 0 Å². The largest absolute Gasteiger partial charge is 0.462 e. The Labute approximate surface area is 62.3 Å². The molecule has 5 heteroatoms.